The number of sulfonamides is 1. The molecule has 1 aliphatic rings. The van der Waals surface area contributed by atoms with Gasteiger partial charge < -0.3 is 10.1 Å². The summed E-state index contributed by atoms with van der Waals surface area (Å²) in [6, 6.07) is 18.3. The third kappa shape index (κ3) is 4.69. The lowest BCUT2D eigenvalue weighted by molar-refractivity contribution is -0.122. The summed E-state index contributed by atoms with van der Waals surface area (Å²) in [5, 5.41) is 2.83. The summed E-state index contributed by atoms with van der Waals surface area (Å²) in [7, 11) is -3.54. The highest BCUT2D eigenvalue weighted by Crippen LogP contribution is 2.35. The Balaban J connectivity index is 1.47. The molecule has 1 amide bonds. The van der Waals surface area contributed by atoms with Crippen LogP contribution < -0.4 is 14.4 Å². The number of carbonyl (C=O) groups is 1. The highest BCUT2D eigenvalue weighted by molar-refractivity contribution is 7.92. The molecule has 0 bridgehead atoms. The molecule has 4 rings (SSSR count). The maximum Gasteiger partial charge on any atom is 0.267 e. The van der Waals surface area contributed by atoms with E-state index in [9.17, 15) is 13.2 Å². The Bertz CT molecular complexity index is 1160. The van der Waals surface area contributed by atoms with Crippen molar-refractivity contribution in [2.45, 2.75) is 19.4 Å². The fourth-order valence-electron chi connectivity index (χ4n) is 3.42. The lowest BCUT2D eigenvalue weighted by atomic mass is 10.1. The van der Waals surface area contributed by atoms with E-state index in [1.165, 1.54) is 4.31 Å². The van der Waals surface area contributed by atoms with Gasteiger partial charge in [0.15, 0.2) is 6.10 Å². The van der Waals surface area contributed by atoms with E-state index in [2.05, 4.69) is 10.3 Å². The minimum absolute atomic E-state index is 0.0609. The minimum atomic E-state index is -3.54. The Kier molecular flexibility index (Phi) is 5.90. The van der Waals surface area contributed by atoms with Crippen molar-refractivity contribution in [1.29, 1.82) is 0 Å². The fourth-order valence-corrected chi connectivity index (χ4v) is 4.55. The first kappa shape index (κ1) is 20.9. The molecule has 0 saturated heterocycles. The fraction of sp³-hybridized carbons (Fsp3) is 0.217. The van der Waals surface area contributed by atoms with Gasteiger partial charge in [0.1, 0.15) is 5.75 Å². The van der Waals surface area contributed by atoms with Gasteiger partial charge in [-0.05, 0) is 60.9 Å². The monoisotopic (exact) mass is 437 g/mol. The van der Waals surface area contributed by atoms with Crippen LogP contribution in [-0.2, 0) is 21.2 Å². The molecule has 2 heterocycles. The van der Waals surface area contributed by atoms with Crippen LogP contribution in [-0.4, -0.2) is 37.7 Å². The summed E-state index contributed by atoms with van der Waals surface area (Å²) < 4.78 is 32.2. The number of fused-ring (bicyclic) bond motifs is 1. The third-order valence-corrected chi connectivity index (χ3v) is 6.85. The molecular weight excluding hydrogens is 414 g/mol. The molecule has 0 unspecified atom stereocenters. The van der Waals surface area contributed by atoms with Crippen molar-refractivity contribution in [1.82, 2.24) is 4.98 Å². The van der Waals surface area contributed by atoms with Gasteiger partial charge in [-0.25, -0.2) is 8.42 Å². The summed E-state index contributed by atoms with van der Waals surface area (Å²) in [6.45, 7) is 1.51. The van der Waals surface area contributed by atoms with Crippen LogP contribution in [0, 0.1) is 0 Å². The zero-order valence-corrected chi connectivity index (χ0v) is 17.9. The minimum Gasteiger partial charge on any atom is -0.476 e. The number of carbonyl (C=O) groups excluding carboxylic acids is 1. The lowest BCUT2D eigenvalue weighted by Crippen LogP contribution is -2.49. The first-order valence-electron chi connectivity index (χ1n) is 10.0. The SMILES string of the molecule is CCS(=O)(=O)N1C[C@H](C(=O)Nc2ccc(Cc3ccncc3)cc2)Oc2ccccc21. The number of nitrogens with zero attached hydrogens (tertiary/aromatic N) is 2. The molecule has 0 radical (unpaired) electrons. The van der Waals surface area contributed by atoms with Crippen molar-refractivity contribution in [2.75, 3.05) is 21.9 Å². The van der Waals surface area contributed by atoms with Gasteiger partial charge in [0.2, 0.25) is 10.0 Å². The molecular formula is C23H23N3O4S. The average molecular weight is 438 g/mol. The van der Waals surface area contributed by atoms with Crippen LogP contribution in [0.15, 0.2) is 73.1 Å². The van der Waals surface area contributed by atoms with Gasteiger partial charge in [-0.1, -0.05) is 24.3 Å². The largest absolute Gasteiger partial charge is 0.476 e. The number of rotatable bonds is 6. The molecule has 31 heavy (non-hydrogen) atoms. The van der Waals surface area contributed by atoms with E-state index in [-0.39, 0.29) is 12.3 Å². The molecule has 0 aliphatic carbocycles. The summed E-state index contributed by atoms with van der Waals surface area (Å²) >= 11 is 0. The van der Waals surface area contributed by atoms with Crippen LogP contribution in [0.25, 0.3) is 0 Å². The summed E-state index contributed by atoms with van der Waals surface area (Å²) in [5.74, 6) is -0.0828. The van der Waals surface area contributed by atoms with Gasteiger partial charge in [-0.15, -0.1) is 0 Å². The van der Waals surface area contributed by atoms with Crippen LogP contribution >= 0.6 is 0 Å². The molecule has 1 aromatic heterocycles. The highest BCUT2D eigenvalue weighted by atomic mass is 32.2. The smallest absolute Gasteiger partial charge is 0.267 e. The summed E-state index contributed by atoms with van der Waals surface area (Å²) in [5.41, 5.74) is 3.33. The molecule has 0 spiro atoms. The number of amides is 1. The van der Waals surface area contributed by atoms with Crippen LogP contribution in [0.3, 0.4) is 0 Å². The zero-order chi connectivity index (χ0) is 21.8. The van der Waals surface area contributed by atoms with Gasteiger partial charge in [0.05, 0.1) is 18.0 Å². The average Bonchev–Trinajstić information content (AvgIpc) is 2.80. The van der Waals surface area contributed by atoms with Gasteiger partial charge in [-0.3, -0.25) is 14.1 Å². The number of aromatic nitrogens is 1. The van der Waals surface area contributed by atoms with Crippen LogP contribution in [0.5, 0.6) is 5.75 Å². The second-order valence-electron chi connectivity index (χ2n) is 7.22. The number of para-hydroxylation sites is 2. The van der Waals surface area contributed by atoms with Gasteiger partial charge in [0, 0.05) is 18.1 Å². The Morgan fingerprint density at radius 2 is 1.74 bits per heavy atom. The standard InChI is InChI=1S/C23H23N3O4S/c1-2-31(28,29)26-16-22(30-21-6-4-3-5-20(21)26)23(27)25-19-9-7-17(8-10-19)15-18-11-13-24-14-12-18/h3-14,22H,2,15-16H2,1H3,(H,25,27)/t22-/m1/s1. The molecule has 0 fully saturated rings. The number of anilines is 2. The van der Waals surface area contributed by atoms with E-state index in [0.29, 0.717) is 17.1 Å². The van der Waals surface area contributed by atoms with Crippen LogP contribution in [0.1, 0.15) is 18.1 Å². The molecule has 2 aromatic carbocycles. The van der Waals surface area contributed by atoms with Crippen LogP contribution in [0.4, 0.5) is 11.4 Å². The van der Waals surface area contributed by atoms with E-state index in [0.717, 1.165) is 17.5 Å². The molecule has 1 N–H and O–H groups in total. The van der Waals surface area contributed by atoms with E-state index in [4.69, 9.17) is 4.74 Å². The van der Waals surface area contributed by atoms with Crippen molar-refractivity contribution in [3.05, 3.63) is 84.2 Å². The quantitative estimate of drug-likeness (QED) is 0.640. The molecule has 1 atom stereocenters. The first-order valence-corrected chi connectivity index (χ1v) is 11.6. The maximum atomic E-state index is 12.8. The Morgan fingerprint density at radius 1 is 1.06 bits per heavy atom. The van der Waals surface area contributed by atoms with E-state index >= 15 is 0 Å². The normalized spacial score (nSPS) is 15.6. The van der Waals surface area contributed by atoms with E-state index in [1.807, 2.05) is 36.4 Å². The zero-order valence-electron chi connectivity index (χ0n) is 17.1. The van der Waals surface area contributed by atoms with Crippen LogP contribution in [0.2, 0.25) is 0 Å². The van der Waals surface area contributed by atoms with Gasteiger partial charge in [-0.2, -0.15) is 0 Å². The maximum absolute atomic E-state index is 12.8. The third-order valence-electron chi connectivity index (χ3n) is 5.11. The van der Waals surface area contributed by atoms with Crippen molar-refractivity contribution < 1.29 is 17.9 Å². The first-order chi connectivity index (χ1) is 15.0. The topological polar surface area (TPSA) is 88.6 Å². The van der Waals surface area contributed by atoms with Gasteiger partial charge >= 0.3 is 0 Å². The van der Waals surface area contributed by atoms with Gasteiger partial charge in [0.25, 0.3) is 5.91 Å². The molecule has 3 aromatic rings. The summed E-state index contributed by atoms with van der Waals surface area (Å²) in [6.07, 6.45) is 3.33. The number of benzene rings is 2. The number of ether oxygens (including phenoxy) is 1. The predicted octanol–water partition coefficient (Wildman–Crippen LogP) is 3.23. The number of nitrogens with one attached hydrogen (secondary N) is 1. The Morgan fingerprint density at radius 3 is 2.45 bits per heavy atom. The summed E-state index contributed by atoms with van der Waals surface area (Å²) in [4.78, 5) is 16.9. The van der Waals surface area contributed by atoms with Crippen molar-refractivity contribution in [2.24, 2.45) is 0 Å². The van der Waals surface area contributed by atoms with Crippen molar-refractivity contribution in [3.63, 3.8) is 0 Å². The Hall–Kier alpha value is -3.39. The lowest BCUT2D eigenvalue weighted by Gasteiger charge is -2.34. The number of hydrogen-bond acceptors (Lipinski definition) is 5. The van der Waals surface area contributed by atoms with E-state index < -0.39 is 22.0 Å². The molecule has 7 nitrogen and oxygen atoms in total. The Labute approximate surface area is 181 Å². The number of hydrogen-bond donors (Lipinski definition) is 1. The predicted molar refractivity (Wildman–Crippen MR) is 120 cm³/mol. The molecule has 8 heteroatoms. The number of pyridine rings is 1. The molecule has 160 valence electrons. The van der Waals surface area contributed by atoms with Crippen molar-refractivity contribution >= 4 is 27.3 Å². The second kappa shape index (κ2) is 8.77. The van der Waals surface area contributed by atoms with Crippen molar-refractivity contribution in [3.8, 4) is 5.75 Å². The second-order valence-corrected chi connectivity index (χ2v) is 9.41. The van der Waals surface area contributed by atoms with E-state index in [1.54, 1.807) is 43.6 Å². The molecule has 1 aliphatic heterocycles. The molecule has 0 saturated carbocycles. The highest BCUT2D eigenvalue weighted by Gasteiger charge is 2.35.